The van der Waals surface area contributed by atoms with Crippen LogP contribution in [0.15, 0.2) is 18.2 Å². The van der Waals surface area contributed by atoms with Crippen LogP contribution in [0.2, 0.25) is 0 Å². The summed E-state index contributed by atoms with van der Waals surface area (Å²) in [6.07, 6.45) is 3.17. The average molecular weight is 190 g/mol. The molecule has 0 saturated carbocycles. The second kappa shape index (κ2) is 3.02. The second-order valence-corrected chi connectivity index (χ2v) is 2.95. The van der Waals surface area contributed by atoms with Gasteiger partial charge in [-0.1, -0.05) is 0 Å². The minimum atomic E-state index is -0.551. The summed E-state index contributed by atoms with van der Waals surface area (Å²) in [6.45, 7) is 0. The van der Waals surface area contributed by atoms with Crippen LogP contribution in [0, 0.1) is 10.1 Å². The van der Waals surface area contributed by atoms with Crippen LogP contribution in [-0.2, 0) is 11.2 Å². The molecule has 14 heavy (non-hydrogen) atoms. The van der Waals surface area contributed by atoms with Crippen LogP contribution in [0.4, 0.5) is 5.82 Å². The highest BCUT2D eigenvalue weighted by atomic mass is 16.6. The van der Waals surface area contributed by atoms with E-state index in [0.29, 0.717) is 5.69 Å². The van der Waals surface area contributed by atoms with E-state index in [-0.39, 0.29) is 18.0 Å². The molecule has 0 aromatic carbocycles. The molecule has 0 spiro atoms. The van der Waals surface area contributed by atoms with E-state index in [1.165, 1.54) is 18.2 Å². The standard InChI is InChI=1S/C9H6N2O3/c12-7-2-3-8-6(5-7)1-4-9(10-8)11(13)14/h1-4H,5H2. The second-order valence-electron chi connectivity index (χ2n) is 2.95. The molecule has 1 aliphatic rings. The minimum Gasteiger partial charge on any atom is -0.358 e. The van der Waals surface area contributed by atoms with Gasteiger partial charge in [-0.05, 0) is 28.1 Å². The molecule has 70 valence electrons. The fourth-order valence-electron chi connectivity index (χ4n) is 1.31. The van der Waals surface area contributed by atoms with E-state index in [1.807, 2.05) is 0 Å². The normalized spacial score (nSPS) is 13.9. The molecule has 0 N–H and O–H groups in total. The molecule has 5 heteroatoms. The van der Waals surface area contributed by atoms with Crippen LogP contribution < -0.4 is 0 Å². The number of nitrogens with zero attached hydrogens (tertiary/aromatic N) is 2. The number of aromatic nitrogens is 1. The molecule has 0 fully saturated rings. The van der Waals surface area contributed by atoms with Gasteiger partial charge in [0.05, 0.1) is 0 Å². The van der Waals surface area contributed by atoms with Gasteiger partial charge in [0, 0.05) is 18.1 Å². The summed E-state index contributed by atoms with van der Waals surface area (Å²) in [6, 6.07) is 2.88. The highest BCUT2D eigenvalue weighted by Crippen LogP contribution is 2.18. The molecule has 1 heterocycles. The van der Waals surface area contributed by atoms with E-state index in [4.69, 9.17) is 0 Å². The van der Waals surface area contributed by atoms with Crippen molar-refractivity contribution >= 4 is 17.7 Å². The fourth-order valence-corrected chi connectivity index (χ4v) is 1.31. The van der Waals surface area contributed by atoms with Gasteiger partial charge < -0.3 is 10.1 Å². The lowest BCUT2D eigenvalue weighted by atomic mass is 10.0. The van der Waals surface area contributed by atoms with E-state index in [2.05, 4.69) is 4.98 Å². The summed E-state index contributed by atoms with van der Waals surface area (Å²) in [7, 11) is 0. The quantitative estimate of drug-likeness (QED) is 0.491. The maximum Gasteiger partial charge on any atom is 0.364 e. The van der Waals surface area contributed by atoms with Crippen molar-refractivity contribution in [1.29, 1.82) is 0 Å². The number of nitro groups is 1. The number of pyridine rings is 1. The summed E-state index contributed by atoms with van der Waals surface area (Å²) in [5.41, 5.74) is 1.25. The summed E-state index contributed by atoms with van der Waals surface area (Å²) in [5.74, 6) is -0.198. The van der Waals surface area contributed by atoms with Crippen LogP contribution in [0.5, 0.6) is 0 Å². The van der Waals surface area contributed by atoms with E-state index in [1.54, 1.807) is 6.07 Å². The van der Waals surface area contributed by atoms with Gasteiger partial charge in [0.2, 0.25) is 0 Å². The first-order valence-electron chi connectivity index (χ1n) is 4.02. The molecule has 0 aliphatic heterocycles. The number of hydrogen-bond donors (Lipinski definition) is 0. The smallest absolute Gasteiger partial charge is 0.358 e. The van der Waals surface area contributed by atoms with Gasteiger partial charge in [-0.25, -0.2) is 0 Å². The Morgan fingerprint density at radius 3 is 2.86 bits per heavy atom. The van der Waals surface area contributed by atoms with Crippen LogP contribution >= 0.6 is 0 Å². The predicted molar refractivity (Wildman–Crippen MR) is 48.6 cm³/mol. The summed E-state index contributed by atoms with van der Waals surface area (Å²) in [5, 5.41) is 10.4. The molecule has 0 radical (unpaired) electrons. The molecule has 0 bridgehead atoms. The molecule has 0 unspecified atom stereocenters. The summed E-state index contributed by atoms with van der Waals surface area (Å²) < 4.78 is 0. The first kappa shape index (κ1) is 8.55. The minimum absolute atomic E-state index is 0.00634. The molecule has 0 saturated heterocycles. The Morgan fingerprint density at radius 1 is 1.36 bits per heavy atom. The van der Waals surface area contributed by atoms with E-state index in [0.717, 1.165) is 5.56 Å². The van der Waals surface area contributed by atoms with Crippen molar-refractivity contribution in [2.24, 2.45) is 0 Å². The number of carbonyl (C=O) groups excluding carboxylic acids is 1. The van der Waals surface area contributed by atoms with Crippen LogP contribution in [0.3, 0.4) is 0 Å². The van der Waals surface area contributed by atoms with E-state index >= 15 is 0 Å². The van der Waals surface area contributed by atoms with E-state index in [9.17, 15) is 14.9 Å². The number of ketones is 1. The Hall–Kier alpha value is -2.04. The van der Waals surface area contributed by atoms with Crippen molar-refractivity contribution in [1.82, 2.24) is 4.98 Å². The van der Waals surface area contributed by atoms with Gasteiger partial charge in [0.25, 0.3) is 0 Å². The Morgan fingerprint density at radius 2 is 2.14 bits per heavy atom. The van der Waals surface area contributed by atoms with Gasteiger partial charge >= 0.3 is 5.82 Å². The Balaban J connectivity index is 2.49. The van der Waals surface area contributed by atoms with Crippen LogP contribution in [-0.4, -0.2) is 15.7 Å². The van der Waals surface area contributed by atoms with Crippen LogP contribution in [0.25, 0.3) is 6.08 Å². The number of rotatable bonds is 1. The lowest BCUT2D eigenvalue weighted by Gasteiger charge is -2.04. The zero-order chi connectivity index (χ0) is 10.1. The molecule has 0 atom stereocenters. The monoisotopic (exact) mass is 190 g/mol. The third-order valence-corrected chi connectivity index (χ3v) is 1.98. The number of fused-ring (bicyclic) bond motifs is 1. The van der Waals surface area contributed by atoms with Gasteiger partial charge in [-0.15, -0.1) is 0 Å². The third kappa shape index (κ3) is 1.39. The third-order valence-electron chi connectivity index (χ3n) is 1.98. The molecule has 0 amide bonds. The molecule has 2 rings (SSSR count). The SMILES string of the molecule is O=C1C=Cc2nc([N+](=O)[O-])ccc2C1. The molecule has 5 nitrogen and oxygen atoms in total. The van der Waals surface area contributed by atoms with Gasteiger partial charge in [0.1, 0.15) is 0 Å². The highest BCUT2D eigenvalue weighted by molar-refractivity contribution is 5.97. The topological polar surface area (TPSA) is 73.1 Å². The Kier molecular flexibility index (Phi) is 1.85. The fraction of sp³-hybridized carbons (Fsp3) is 0.111. The predicted octanol–water partition coefficient (Wildman–Crippen LogP) is 1.13. The highest BCUT2D eigenvalue weighted by Gasteiger charge is 2.17. The van der Waals surface area contributed by atoms with E-state index < -0.39 is 4.92 Å². The number of carbonyl (C=O) groups is 1. The van der Waals surface area contributed by atoms with Crippen molar-refractivity contribution in [3.8, 4) is 0 Å². The zero-order valence-corrected chi connectivity index (χ0v) is 7.14. The number of allylic oxidation sites excluding steroid dienone is 1. The van der Waals surface area contributed by atoms with Gasteiger partial charge in [-0.3, -0.25) is 4.79 Å². The molecular formula is C9H6N2O3. The van der Waals surface area contributed by atoms with Crippen molar-refractivity contribution in [3.63, 3.8) is 0 Å². The summed E-state index contributed by atoms with van der Waals surface area (Å²) >= 11 is 0. The lowest BCUT2D eigenvalue weighted by molar-refractivity contribution is -0.389. The molecule has 1 aliphatic carbocycles. The first-order chi connectivity index (χ1) is 6.66. The van der Waals surface area contributed by atoms with Crippen molar-refractivity contribution in [2.75, 3.05) is 0 Å². The maximum atomic E-state index is 11.0. The van der Waals surface area contributed by atoms with Gasteiger partial charge in [0.15, 0.2) is 11.5 Å². The first-order valence-corrected chi connectivity index (χ1v) is 4.02. The van der Waals surface area contributed by atoms with Gasteiger partial charge in [-0.2, -0.15) is 0 Å². The number of hydrogen-bond acceptors (Lipinski definition) is 4. The van der Waals surface area contributed by atoms with Crippen molar-refractivity contribution in [3.05, 3.63) is 39.6 Å². The molecule has 1 aromatic rings. The average Bonchev–Trinajstić information content (AvgIpc) is 2.16. The maximum absolute atomic E-state index is 11.0. The van der Waals surface area contributed by atoms with Crippen molar-refractivity contribution in [2.45, 2.75) is 6.42 Å². The molecule has 1 aromatic heterocycles. The van der Waals surface area contributed by atoms with Crippen molar-refractivity contribution < 1.29 is 9.72 Å². The Bertz CT molecular complexity index is 451. The zero-order valence-electron chi connectivity index (χ0n) is 7.14. The van der Waals surface area contributed by atoms with Crippen LogP contribution in [0.1, 0.15) is 11.3 Å². The summed E-state index contributed by atoms with van der Waals surface area (Å²) in [4.78, 5) is 24.7. The lowest BCUT2D eigenvalue weighted by Crippen LogP contribution is -2.07. The molecular weight excluding hydrogens is 184 g/mol. The largest absolute Gasteiger partial charge is 0.364 e. The Labute approximate surface area is 79.2 Å².